The highest BCUT2D eigenvalue weighted by Crippen LogP contribution is 2.20. The second-order valence-electron chi connectivity index (χ2n) is 7.13. The number of nitrogens with zero attached hydrogens (tertiary/aromatic N) is 3. The molecule has 0 radical (unpaired) electrons. The normalized spacial score (nSPS) is 14.3. The highest BCUT2D eigenvalue weighted by Gasteiger charge is 2.26. The van der Waals surface area contributed by atoms with Gasteiger partial charge in [0.1, 0.15) is 10.6 Å². The summed E-state index contributed by atoms with van der Waals surface area (Å²) in [7, 11) is 1.56. The van der Waals surface area contributed by atoms with Gasteiger partial charge in [-0.05, 0) is 43.3 Å². The third-order valence-corrected chi connectivity index (χ3v) is 5.95. The second-order valence-corrected chi connectivity index (χ2v) is 7.88. The van der Waals surface area contributed by atoms with Gasteiger partial charge in [0.15, 0.2) is 0 Å². The molecule has 1 aliphatic heterocycles. The maximum atomic E-state index is 12.5. The molecule has 3 rings (SSSR count). The van der Waals surface area contributed by atoms with E-state index in [2.05, 4.69) is 20.2 Å². The van der Waals surface area contributed by atoms with E-state index in [1.54, 1.807) is 25.0 Å². The molecule has 0 saturated carbocycles. The van der Waals surface area contributed by atoms with Gasteiger partial charge in [-0.2, -0.15) is 0 Å². The van der Waals surface area contributed by atoms with Gasteiger partial charge in [0, 0.05) is 31.7 Å². The molecule has 0 atom stereocenters. The SMILES string of the molecule is COc1ccccc1CNC(=O)C(=O)NCC1CCN(C(=O)c2snnc2C)CC1. The number of methoxy groups -OCH3 is 1. The van der Waals surface area contributed by atoms with Gasteiger partial charge in [0.2, 0.25) is 0 Å². The Kier molecular flexibility index (Phi) is 7.34. The van der Waals surface area contributed by atoms with Gasteiger partial charge in [0.25, 0.3) is 5.91 Å². The Bertz CT molecular complexity index is 908. The molecule has 3 amide bonds. The lowest BCUT2D eigenvalue weighted by atomic mass is 9.96. The number of likely N-dealkylation sites (tertiary alicyclic amines) is 1. The molecule has 1 aliphatic rings. The number of amides is 3. The second kappa shape index (κ2) is 10.1. The number of aryl methyl sites for hydroxylation is 1. The summed E-state index contributed by atoms with van der Waals surface area (Å²) in [5.41, 5.74) is 1.45. The predicted octanol–water partition coefficient (Wildman–Crippen LogP) is 1.14. The third kappa shape index (κ3) is 5.32. The zero-order valence-corrected chi connectivity index (χ0v) is 17.8. The van der Waals surface area contributed by atoms with Gasteiger partial charge in [-0.15, -0.1) is 5.10 Å². The zero-order valence-electron chi connectivity index (χ0n) is 17.0. The fraction of sp³-hybridized carbons (Fsp3) is 0.450. The highest BCUT2D eigenvalue weighted by molar-refractivity contribution is 7.07. The Labute approximate surface area is 179 Å². The van der Waals surface area contributed by atoms with Crippen molar-refractivity contribution in [2.24, 2.45) is 5.92 Å². The number of hydrogen-bond acceptors (Lipinski definition) is 7. The summed E-state index contributed by atoms with van der Waals surface area (Å²) in [6.07, 6.45) is 1.53. The van der Waals surface area contributed by atoms with E-state index >= 15 is 0 Å². The Morgan fingerprint density at radius 2 is 1.87 bits per heavy atom. The van der Waals surface area contributed by atoms with Crippen LogP contribution in [-0.4, -0.2) is 59.0 Å². The van der Waals surface area contributed by atoms with Crippen LogP contribution in [0.3, 0.4) is 0 Å². The minimum absolute atomic E-state index is 0.0410. The molecule has 0 aliphatic carbocycles. The molecule has 9 nitrogen and oxygen atoms in total. The van der Waals surface area contributed by atoms with Gasteiger partial charge in [-0.1, -0.05) is 22.7 Å². The van der Waals surface area contributed by atoms with Crippen molar-refractivity contribution in [3.63, 3.8) is 0 Å². The van der Waals surface area contributed by atoms with Crippen LogP contribution in [0.15, 0.2) is 24.3 Å². The van der Waals surface area contributed by atoms with Gasteiger partial charge < -0.3 is 20.3 Å². The van der Waals surface area contributed by atoms with Crippen molar-refractivity contribution in [1.29, 1.82) is 0 Å². The minimum Gasteiger partial charge on any atom is -0.496 e. The quantitative estimate of drug-likeness (QED) is 0.663. The van der Waals surface area contributed by atoms with E-state index in [9.17, 15) is 14.4 Å². The molecule has 1 aromatic heterocycles. The van der Waals surface area contributed by atoms with Crippen molar-refractivity contribution in [3.8, 4) is 5.75 Å². The molecule has 1 aromatic carbocycles. The average molecular weight is 432 g/mol. The standard InChI is InChI=1S/C20H25N5O4S/c1-13-17(30-24-23-13)20(28)25-9-7-14(8-10-25)11-21-18(26)19(27)22-12-15-5-3-4-6-16(15)29-2/h3-6,14H,7-12H2,1-2H3,(H,21,26)(H,22,27). The maximum Gasteiger partial charge on any atom is 0.309 e. The summed E-state index contributed by atoms with van der Waals surface area (Å²) in [5.74, 6) is -0.498. The monoisotopic (exact) mass is 431 g/mol. The number of benzene rings is 1. The Morgan fingerprint density at radius 3 is 2.53 bits per heavy atom. The molecule has 0 spiro atoms. The molecule has 30 heavy (non-hydrogen) atoms. The van der Waals surface area contributed by atoms with Crippen molar-refractivity contribution >= 4 is 29.3 Å². The van der Waals surface area contributed by atoms with E-state index in [0.717, 1.165) is 29.9 Å². The number of aromatic nitrogens is 2. The number of carbonyl (C=O) groups is 3. The molecule has 0 bridgehead atoms. The van der Waals surface area contributed by atoms with Crippen LogP contribution in [0.4, 0.5) is 0 Å². The van der Waals surface area contributed by atoms with Crippen molar-refractivity contribution in [3.05, 3.63) is 40.4 Å². The number of nitrogens with one attached hydrogen (secondary N) is 2. The summed E-state index contributed by atoms with van der Waals surface area (Å²) in [5, 5.41) is 9.19. The van der Waals surface area contributed by atoms with E-state index in [-0.39, 0.29) is 18.4 Å². The van der Waals surface area contributed by atoms with Crippen molar-refractivity contribution in [2.75, 3.05) is 26.7 Å². The summed E-state index contributed by atoms with van der Waals surface area (Å²) in [6, 6.07) is 7.31. The number of ether oxygens (including phenoxy) is 1. The lowest BCUT2D eigenvalue weighted by molar-refractivity contribution is -0.139. The van der Waals surface area contributed by atoms with Crippen LogP contribution in [0.2, 0.25) is 0 Å². The van der Waals surface area contributed by atoms with Gasteiger partial charge >= 0.3 is 11.8 Å². The van der Waals surface area contributed by atoms with Gasteiger partial charge in [-0.3, -0.25) is 14.4 Å². The van der Waals surface area contributed by atoms with Crippen LogP contribution in [0.1, 0.15) is 33.8 Å². The summed E-state index contributed by atoms with van der Waals surface area (Å²) >= 11 is 1.11. The molecule has 1 saturated heterocycles. The topological polar surface area (TPSA) is 114 Å². The van der Waals surface area contributed by atoms with Gasteiger partial charge in [0.05, 0.1) is 12.8 Å². The summed E-state index contributed by atoms with van der Waals surface area (Å²) < 4.78 is 9.05. The number of para-hydroxylation sites is 1. The Hall–Kier alpha value is -3.01. The fourth-order valence-corrected chi connectivity index (χ4v) is 3.96. The molecule has 2 aromatic rings. The van der Waals surface area contributed by atoms with E-state index in [4.69, 9.17) is 4.74 Å². The molecule has 2 heterocycles. The largest absolute Gasteiger partial charge is 0.496 e. The number of piperidine rings is 1. The summed E-state index contributed by atoms with van der Waals surface area (Å²) in [4.78, 5) is 39.0. The van der Waals surface area contributed by atoms with Crippen molar-refractivity contribution < 1.29 is 19.1 Å². The summed E-state index contributed by atoms with van der Waals surface area (Å²) in [6.45, 7) is 3.61. The number of rotatable bonds is 6. The molecule has 1 fully saturated rings. The van der Waals surface area contributed by atoms with Crippen LogP contribution in [0.25, 0.3) is 0 Å². The fourth-order valence-electron chi connectivity index (χ4n) is 3.33. The molecular weight excluding hydrogens is 406 g/mol. The van der Waals surface area contributed by atoms with Crippen molar-refractivity contribution in [1.82, 2.24) is 25.1 Å². The first-order chi connectivity index (χ1) is 14.5. The molecule has 0 unspecified atom stereocenters. The van der Waals surface area contributed by atoms with E-state index in [0.29, 0.717) is 36.0 Å². The van der Waals surface area contributed by atoms with Crippen LogP contribution >= 0.6 is 11.5 Å². The lowest BCUT2D eigenvalue weighted by Gasteiger charge is -2.31. The van der Waals surface area contributed by atoms with Gasteiger partial charge in [-0.25, -0.2) is 0 Å². The Morgan fingerprint density at radius 1 is 1.17 bits per heavy atom. The first-order valence-electron chi connectivity index (χ1n) is 9.75. The van der Waals surface area contributed by atoms with E-state index in [1.807, 2.05) is 18.2 Å². The van der Waals surface area contributed by atoms with Crippen LogP contribution in [-0.2, 0) is 16.1 Å². The van der Waals surface area contributed by atoms with E-state index in [1.165, 1.54) is 0 Å². The maximum absolute atomic E-state index is 12.5. The van der Waals surface area contributed by atoms with E-state index < -0.39 is 11.8 Å². The minimum atomic E-state index is -0.679. The van der Waals surface area contributed by atoms with Crippen LogP contribution < -0.4 is 15.4 Å². The smallest absolute Gasteiger partial charge is 0.309 e. The zero-order chi connectivity index (χ0) is 21.5. The Balaban J connectivity index is 1.39. The predicted molar refractivity (Wildman–Crippen MR) is 111 cm³/mol. The third-order valence-electron chi connectivity index (χ3n) is 5.14. The molecule has 2 N–H and O–H groups in total. The number of hydrogen-bond donors (Lipinski definition) is 2. The number of carbonyl (C=O) groups excluding carboxylic acids is 3. The molecule has 10 heteroatoms. The average Bonchev–Trinajstić information content (AvgIpc) is 3.21. The highest BCUT2D eigenvalue weighted by atomic mass is 32.1. The molecule has 160 valence electrons. The van der Waals surface area contributed by atoms with Crippen LogP contribution in [0.5, 0.6) is 5.75 Å². The lowest BCUT2D eigenvalue weighted by Crippen LogP contribution is -2.44. The molecular formula is C20H25N5O4S. The van der Waals surface area contributed by atoms with Crippen molar-refractivity contribution in [2.45, 2.75) is 26.3 Å². The first-order valence-corrected chi connectivity index (χ1v) is 10.5. The van der Waals surface area contributed by atoms with Crippen LogP contribution in [0, 0.1) is 12.8 Å². The first kappa shape index (κ1) is 21.7.